The van der Waals surface area contributed by atoms with Gasteiger partial charge in [-0.15, -0.1) is 0 Å². The van der Waals surface area contributed by atoms with Crippen LogP contribution >= 0.6 is 11.6 Å². The molecule has 1 amide bonds. The average molecular weight is 267 g/mol. The molecule has 1 saturated heterocycles. The predicted octanol–water partition coefficient (Wildman–Crippen LogP) is 3.00. The van der Waals surface area contributed by atoms with Gasteiger partial charge in [0.25, 0.3) is 5.91 Å². The highest BCUT2D eigenvalue weighted by Gasteiger charge is 2.27. The normalized spacial score (nSPS) is 19.4. The summed E-state index contributed by atoms with van der Waals surface area (Å²) in [5, 5.41) is 8.95. The van der Waals surface area contributed by atoms with Crippen molar-refractivity contribution in [3.05, 3.63) is 34.6 Å². The van der Waals surface area contributed by atoms with Crippen LogP contribution in [0.2, 0.25) is 5.02 Å². The van der Waals surface area contributed by atoms with Crippen LogP contribution < -0.4 is 0 Å². The molecule has 0 bridgehead atoms. The fourth-order valence-electron chi connectivity index (χ4n) is 2.10. The summed E-state index contributed by atoms with van der Waals surface area (Å²) in [5.74, 6) is -0.813. The molecule has 1 atom stereocenters. The van der Waals surface area contributed by atoms with E-state index in [9.17, 15) is 9.18 Å². The van der Waals surface area contributed by atoms with Crippen LogP contribution in [0.1, 0.15) is 29.6 Å². The van der Waals surface area contributed by atoms with Gasteiger partial charge in [-0.1, -0.05) is 11.6 Å². The number of hydrogen-bond donors (Lipinski definition) is 0. The number of hydrogen-bond acceptors (Lipinski definition) is 2. The first kappa shape index (κ1) is 12.8. The zero-order valence-electron chi connectivity index (χ0n) is 9.70. The van der Waals surface area contributed by atoms with Gasteiger partial charge in [-0.3, -0.25) is 4.79 Å². The van der Waals surface area contributed by atoms with E-state index in [1.807, 2.05) is 0 Å². The number of nitriles is 1. The number of rotatable bonds is 1. The average Bonchev–Trinajstić information content (AvgIpc) is 2.41. The number of halogens is 2. The van der Waals surface area contributed by atoms with E-state index in [1.54, 1.807) is 0 Å². The predicted molar refractivity (Wildman–Crippen MR) is 65.7 cm³/mol. The fraction of sp³-hybridized carbons (Fsp3) is 0.385. The molecule has 1 aliphatic heterocycles. The topological polar surface area (TPSA) is 44.1 Å². The molecule has 0 radical (unpaired) electrons. The Morgan fingerprint density at radius 1 is 1.50 bits per heavy atom. The van der Waals surface area contributed by atoms with E-state index in [0.29, 0.717) is 18.5 Å². The molecule has 2 rings (SSSR count). The van der Waals surface area contributed by atoms with Crippen LogP contribution in [-0.2, 0) is 0 Å². The second-order valence-corrected chi connectivity index (χ2v) is 4.68. The smallest absolute Gasteiger partial charge is 0.254 e. The second kappa shape index (κ2) is 5.36. The van der Waals surface area contributed by atoms with Crippen molar-refractivity contribution in [2.24, 2.45) is 0 Å². The molecule has 1 fully saturated rings. The number of benzene rings is 1. The van der Waals surface area contributed by atoms with Gasteiger partial charge in [0.15, 0.2) is 0 Å². The van der Waals surface area contributed by atoms with Crippen molar-refractivity contribution in [3.63, 3.8) is 0 Å². The number of piperidine rings is 1. The van der Waals surface area contributed by atoms with E-state index in [1.165, 1.54) is 23.1 Å². The monoisotopic (exact) mass is 266 g/mol. The minimum Gasteiger partial charge on any atom is -0.323 e. The molecule has 0 aromatic heterocycles. The Hall–Kier alpha value is -1.60. The highest BCUT2D eigenvalue weighted by Crippen LogP contribution is 2.22. The minimum atomic E-state index is -0.552. The molecule has 0 N–H and O–H groups in total. The molecule has 3 nitrogen and oxygen atoms in total. The zero-order chi connectivity index (χ0) is 13.1. The lowest BCUT2D eigenvalue weighted by atomic mass is 10.0. The first-order valence-corrected chi connectivity index (χ1v) is 6.17. The first-order chi connectivity index (χ1) is 8.63. The van der Waals surface area contributed by atoms with Crippen LogP contribution in [0.5, 0.6) is 0 Å². The van der Waals surface area contributed by atoms with Gasteiger partial charge in [0.05, 0.1) is 11.1 Å². The number of amides is 1. The Labute approximate surface area is 110 Å². The molecule has 1 aromatic rings. The molecule has 0 aliphatic carbocycles. The maximum Gasteiger partial charge on any atom is 0.254 e. The van der Waals surface area contributed by atoms with Gasteiger partial charge in [0.2, 0.25) is 0 Å². The van der Waals surface area contributed by atoms with Gasteiger partial charge in [0.1, 0.15) is 11.9 Å². The van der Waals surface area contributed by atoms with Gasteiger partial charge in [-0.2, -0.15) is 5.26 Å². The Morgan fingerprint density at radius 3 is 2.94 bits per heavy atom. The molecular formula is C13H12ClFN2O. The summed E-state index contributed by atoms with van der Waals surface area (Å²) in [4.78, 5) is 13.8. The van der Waals surface area contributed by atoms with Gasteiger partial charge in [-0.25, -0.2) is 4.39 Å². The van der Waals surface area contributed by atoms with Crippen molar-refractivity contribution < 1.29 is 9.18 Å². The van der Waals surface area contributed by atoms with Crippen molar-refractivity contribution >= 4 is 17.5 Å². The summed E-state index contributed by atoms with van der Waals surface area (Å²) in [6.07, 6.45) is 2.53. The lowest BCUT2D eigenvalue weighted by Crippen LogP contribution is -2.42. The minimum absolute atomic E-state index is 0.0774. The summed E-state index contributed by atoms with van der Waals surface area (Å²) >= 11 is 5.66. The van der Waals surface area contributed by atoms with Gasteiger partial charge in [-0.05, 0) is 37.5 Å². The molecule has 1 aromatic carbocycles. The molecule has 18 heavy (non-hydrogen) atoms. The third-order valence-electron chi connectivity index (χ3n) is 3.08. The molecule has 1 unspecified atom stereocenters. The van der Waals surface area contributed by atoms with Crippen LogP contribution in [-0.4, -0.2) is 23.4 Å². The van der Waals surface area contributed by atoms with Crippen molar-refractivity contribution in [2.75, 3.05) is 6.54 Å². The summed E-state index contributed by atoms with van der Waals surface area (Å²) in [6, 6.07) is 5.61. The molecule has 5 heteroatoms. The van der Waals surface area contributed by atoms with E-state index in [4.69, 9.17) is 16.9 Å². The Morgan fingerprint density at radius 2 is 2.28 bits per heavy atom. The highest BCUT2D eigenvalue weighted by molar-refractivity contribution is 6.31. The van der Waals surface area contributed by atoms with Crippen LogP contribution in [0.25, 0.3) is 0 Å². The maximum atomic E-state index is 13.0. The Balaban J connectivity index is 2.24. The standard InChI is InChI=1S/C13H12ClFN2O/c14-11-7-9(4-5-12(11)15)13(18)17-6-2-1-3-10(17)8-16/h4-5,7,10H,1-3,6H2. The molecule has 1 aliphatic rings. The van der Waals surface area contributed by atoms with Gasteiger partial charge >= 0.3 is 0 Å². The van der Waals surface area contributed by atoms with Crippen molar-refractivity contribution in [3.8, 4) is 6.07 Å². The molecule has 0 saturated carbocycles. The van der Waals surface area contributed by atoms with E-state index < -0.39 is 11.9 Å². The highest BCUT2D eigenvalue weighted by atomic mass is 35.5. The molecule has 1 heterocycles. The Bertz CT molecular complexity index is 512. The van der Waals surface area contributed by atoms with E-state index in [0.717, 1.165) is 12.8 Å². The van der Waals surface area contributed by atoms with Crippen LogP contribution in [0.4, 0.5) is 4.39 Å². The maximum absolute atomic E-state index is 13.0. The molecular weight excluding hydrogens is 255 g/mol. The number of carbonyl (C=O) groups is 1. The fourth-order valence-corrected chi connectivity index (χ4v) is 2.28. The van der Waals surface area contributed by atoms with Crippen LogP contribution in [0, 0.1) is 17.1 Å². The lowest BCUT2D eigenvalue weighted by Gasteiger charge is -2.31. The lowest BCUT2D eigenvalue weighted by molar-refractivity contribution is 0.0670. The summed E-state index contributed by atoms with van der Waals surface area (Å²) < 4.78 is 13.0. The number of carbonyl (C=O) groups excluding carboxylic acids is 1. The third kappa shape index (κ3) is 2.46. The van der Waals surface area contributed by atoms with Gasteiger partial charge in [0, 0.05) is 12.1 Å². The zero-order valence-corrected chi connectivity index (χ0v) is 10.5. The van der Waals surface area contributed by atoms with Crippen LogP contribution in [0.15, 0.2) is 18.2 Å². The molecule has 0 spiro atoms. The van der Waals surface area contributed by atoms with Crippen LogP contribution in [0.3, 0.4) is 0 Å². The summed E-state index contributed by atoms with van der Waals surface area (Å²) in [7, 11) is 0. The van der Waals surface area contributed by atoms with Crippen molar-refractivity contribution in [1.82, 2.24) is 4.90 Å². The van der Waals surface area contributed by atoms with E-state index in [2.05, 4.69) is 6.07 Å². The summed E-state index contributed by atoms with van der Waals surface area (Å²) in [5.41, 5.74) is 0.323. The second-order valence-electron chi connectivity index (χ2n) is 4.27. The summed E-state index contributed by atoms with van der Waals surface area (Å²) in [6.45, 7) is 0.562. The Kier molecular flexibility index (Phi) is 3.83. The van der Waals surface area contributed by atoms with E-state index in [-0.39, 0.29) is 10.9 Å². The number of nitrogens with zero attached hydrogens (tertiary/aromatic N) is 2. The SMILES string of the molecule is N#CC1CCCCN1C(=O)c1ccc(F)c(Cl)c1. The van der Waals surface area contributed by atoms with Crippen molar-refractivity contribution in [2.45, 2.75) is 25.3 Å². The van der Waals surface area contributed by atoms with E-state index >= 15 is 0 Å². The van der Waals surface area contributed by atoms with Crippen molar-refractivity contribution in [1.29, 1.82) is 5.26 Å². The molecule has 94 valence electrons. The number of likely N-dealkylation sites (tertiary alicyclic amines) is 1. The largest absolute Gasteiger partial charge is 0.323 e. The van der Waals surface area contributed by atoms with Gasteiger partial charge < -0.3 is 4.90 Å². The quantitative estimate of drug-likeness (QED) is 0.784. The first-order valence-electron chi connectivity index (χ1n) is 5.79. The third-order valence-corrected chi connectivity index (χ3v) is 3.37.